The van der Waals surface area contributed by atoms with Gasteiger partial charge in [0.1, 0.15) is 5.75 Å². The number of methoxy groups -OCH3 is 1. The summed E-state index contributed by atoms with van der Waals surface area (Å²) in [5.41, 5.74) is 1.51. The number of benzene rings is 1. The van der Waals surface area contributed by atoms with Crippen LogP contribution in [0.4, 0.5) is 5.13 Å². The Balaban J connectivity index is 1.65. The van der Waals surface area contributed by atoms with Gasteiger partial charge in [-0.3, -0.25) is 4.79 Å². The van der Waals surface area contributed by atoms with Gasteiger partial charge in [-0.15, -0.1) is 5.10 Å². The van der Waals surface area contributed by atoms with Crippen LogP contribution in [0.15, 0.2) is 29.1 Å². The van der Waals surface area contributed by atoms with Crippen LogP contribution >= 0.6 is 22.9 Å². The summed E-state index contributed by atoms with van der Waals surface area (Å²) < 4.78 is 12.6. The quantitative estimate of drug-likeness (QED) is 0.590. The highest BCUT2D eigenvalue weighted by molar-refractivity contribution is 7.20. The van der Waals surface area contributed by atoms with Gasteiger partial charge in [0.05, 0.1) is 7.11 Å². The molecular formula is C21H25ClN4O3S. The van der Waals surface area contributed by atoms with Gasteiger partial charge in [0.2, 0.25) is 10.1 Å². The van der Waals surface area contributed by atoms with Crippen molar-refractivity contribution in [3.63, 3.8) is 0 Å². The van der Waals surface area contributed by atoms with Crippen molar-refractivity contribution in [2.24, 2.45) is 0 Å². The van der Waals surface area contributed by atoms with E-state index in [0.717, 1.165) is 42.7 Å². The molecule has 1 N–H and O–H groups in total. The van der Waals surface area contributed by atoms with Crippen molar-refractivity contribution in [3.05, 3.63) is 50.9 Å². The monoisotopic (exact) mass is 448 g/mol. The van der Waals surface area contributed by atoms with Crippen molar-refractivity contribution in [2.45, 2.75) is 38.0 Å². The topological polar surface area (TPSA) is 77.8 Å². The number of hydrogen-bond donors (Lipinski definition) is 1. The summed E-state index contributed by atoms with van der Waals surface area (Å²) in [6.07, 6.45) is 3.39. The molecule has 1 aliphatic heterocycles. The molecule has 3 aromatic rings. The summed E-state index contributed by atoms with van der Waals surface area (Å²) in [6, 6.07) is 7.29. The van der Waals surface area contributed by atoms with E-state index >= 15 is 0 Å². The lowest BCUT2D eigenvalue weighted by Gasteiger charge is -2.38. The molecule has 0 bridgehead atoms. The van der Waals surface area contributed by atoms with Gasteiger partial charge < -0.3 is 14.8 Å². The number of nitrogens with zero attached hydrogens (tertiary/aromatic N) is 3. The molecule has 3 heterocycles. The van der Waals surface area contributed by atoms with Crippen molar-refractivity contribution in [1.82, 2.24) is 14.6 Å². The second-order valence-corrected chi connectivity index (χ2v) is 8.92. The molecule has 0 aliphatic carbocycles. The zero-order chi connectivity index (χ0) is 21.1. The fraction of sp³-hybridized carbons (Fsp3) is 0.476. The van der Waals surface area contributed by atoms with Crippen molar-refractivity contribution in [3.8, 4) is 5.75 Å². The zero-order valence-corrected chi connectivity index (χ0v) is 18.7. The predicted octanol–water partition coefficient (Wildman–Crippen LogP) is 3.93. The Hall–Kier alpha value is -2.16. The van der Waals surface area contributed by atoms with Crippen molar-refractivity contribution < 1.29 is 9.47 Å². The van der Waals surface area contributed by atoms with Gasteiger partial charge in [0, 0.05) is 47.5 Å². The summed E-state index contributed by atoms with van der Waals surface area (Å²) in [4.78, 5) is 17.6. The maximum Gasteiger partial charge on any atom is 0.275 e. The first-order chi connectivity index (χ1) is 14.5. The number of ether oxygens (including phenoxy) is 2. The van der Waals surface area contributed by atoms with Crippen LogP contribution < -0.4 is 15.6 Å². The largest absolute Gasteiger partial charge is 0.496 e. The molecule has 0 saturated carbocycles. The number of hydrogen-bond acceptors (Lipinski definition) is 7. The van der Waals surface area contributed by atoms with Crippen LogP contribution in [0.3, 0.4) is 0 Å². The van der Waals surface area contributed by atoms with E-state index in [4.69, 9.17) is 21.1 Å². The maximum atomic E-state index is 12.4. The van der Waals surface area contributed by atoms with E-state index in [1.165, 1.54) is 15.9 Å². The van der Waals surface area contributed by atoms with Gasteiger partial charge in [0.15, 0.2) is 0 Å². The average Bonchev–Trinajstić information content (AvgIpc) is 3.17. The van der Waals surface area contributed by atoms with Crippen molar-refractivity contribution in [2.75, 3.05) is 32.2 Å². The second kappa shape index (κ2) is 8.91. The fourth-order valence-electron chi connectivity index (χ4n) is 3.95. The lowest BCUT2D eigenvalue weighted by molar-refractivity contribution is 0.0536. The zero-order valence-electron chi connectivity index (χ0n) is 17.1. The van der Waals surface area contributed by atoms with Gasteiger partial charge in [-0.1, -0.05) is 36.3 Å². The number of aromatic nitrogens is 3. The van der Waals surface area contributed by atoms with Gasteiger partial charge >= 0.3 is 0 Å². The molecule has 0 atom stereocenters. The molecule has 9 heteroatoms. The normalized spacial score (nSPS) is 16.0. The first-order valence-electron chi connectivity index (χ1n) is 10.1. The molecule has 0 spiro atoms. The van der Waals surface area contributed by atoms with Crippen LogP contribution in [0.5, 0.6) is 5.75 Å². The third-order valence-electron chi connectivity index (χ3n) is 5.56. The van der Waals surface area contributed by atoms with Crippen LogP contribution in [-0.4, -0.2) is 41.5 Å². The minimum absolute atomic E-state index is 0.148. The first kappa shape index (κ1) is 21.1. The molecule has 1 saturated heterocycles. The Morgan fingerprint density at radius 3 is 2.87 bits per heavy atom. The highest BCUT2D eigenvalue weighted by Gasteiger charge is 2.37. The van der Waals surface area contributed by atoms with Crippen molar-refractivity contribution >= 4 is 33.0 Å². The summed E-state index contributed by atoms with van der Waals surface area (Å²) in [5.74, 6) is 0.814. The Morgan fingerprint density at radius 2 is 2.13 bits per heavy atom. The SMILES string of the molecule is CCCc1cc(=O)n2nc(NCC3(c4cc(Cl)ccc4OC)CCOCC3)sc2n1. The number of halogens is 1. The molecule has 0 amide bonds. The third-order valence-corrected chi connectivity index (χ3v) is 6.67. The van der Waals surface area contributed by atoms with Gasteiger partial charge in [-0.05, 0) is 37.5 Å². The van der Waals surface area contributed by atoms with E-state index in [-0.39, 0.29) is 11.0 Å². The molecule has 0 unspecified atom stereocenters. The van der Waals surface area contributed by atoms with Crippen LogP contribution in [0, 0.1) is 0 Å². The average molecular weight is 449 g/mol. The van der Waals surface area contributed by atoms with E-state index in [1.54, 1.807) is 13.2 Å². The molecule has 7 nitrogen and oxygen atoms in total. The number of aryl methyl sites for hydroxylation is 1. The standard InChI is InChI=1S/C21H25ClN4O3S/c1-3-4-15-12-18(27)26-20(24-15)30-19(25-26)23-13-21(7-9-29-10-8-21)16-11-14(22)5-6-17(16)28-2/h5-6,11-12H,3-4,7-10,13H2,1-2H3,(H,23,25). The van der Waals surface area contributed by atoms with E-state index in [2.05, 4.69) is 22.3 Å². The number of anilines is 1. The van der Waals surface area contributed by atoms with E-state index in [1.807, 2.05) is 18.2 Å². The Kier molecular flexibility index (Phi) is 6.26. The van der Waals surface area contributed by atoms with E-state index < -0.39 is 0 Å². The molecule has 1 aliphatic rings. The molecule has 1 fully saturated rings. The van der Waals surface area contributed by atoms with E-state index in [9.17, 15) is 4.79 Å². The molecule has 2 aromatic heterocycles. The predicted molar refractivity (Wildman–Crippen MR) is 119 cm³/mol. The fourth-order valence-corrected chi connectivity index (χ4v) is 4.95. The van der Waals surface area contributed by atoms with Crippen LogP contribution in [-0.2, 0) is 16.6 Å². The molecule has 4 rings (SSSR count). The highest BCUT2D eigenvalue weighted by atomic mass is 35.5. The summed E-state index contributed by atoms with van der Waals surface area (Å²) in [5, 5.41) is 9.23. The third kappa shape index (κ3) is 4.17. The Morgan fingerprint density at radius 1 is 1.33 bits per heavy atom. The number of rotatable bonds is 7. The Labute approximate surface area is 184 Å². The number of nitrogens with one attached hydrogen (secondary N) is 1. The molecule has 30 heavy (non-hydrogen) atoms. The van der Waals surface area contributed by atoms with Crippen molar-refractivity contribution in [1.29, 1.82) is 0 Å². The lowest BCUT2D eigenvalue weighted by atomic mass is 9.73. The molecular weight excluding hydrogens is 424 g/mol. The van der Waals surface area contributed by atoms with Gasteiger partial charge in [0.25, 0.3) is 5.56 Å². The molecule has 160 valence electrons. The first-order valence-corrected chi connectivity index (χ1v) is 11.3. The van der Waals surface area contributed by atoms with Crippen LogP contribution in [0.1, 0.15) is 37.4 Å². The van der Waals surface area contributed by atoms with Crippen LogP contribution in [0.2, 0.25) is 5.02 Å². The smallest absolute Gasteiger partial charge is 0.275 e. The maximum absolute atomic E-state index is 12.4. The summed E-state index contributed by atoms with van der Waals surface area (Å²) >= 11 is 7.71. The van der Waals surface area contributed by atoms with Gasteiger partial charge in [-0.25, -0.2) is 4.98 Å². The minimum atomic E-state index is -0.210. The van der Waals surface area contributed by atoms with Crippen LogP contribution in [0.25, 0.3) is 4.96 Å². The highest BCUT2D eigenvalue weighted by Crippen LogP contribution is 2.41. The Bertz CT molecular complexity index is 1090. The van der Waals surface area contributed by atoms with E-state index in [0.29, 0.717) is 34.9 Å². The number of fused-ring (bicyclic) bond motifs is 1. The lowest BCUT2D eigenvalue weighted by Crippen LogP contribution is -2.40. The summed E-state index contributed by atoms with van der Waals surface area (Å²) in [6.45, 7) is 4.03. The summed E-state index contributed by atoms with van der Waals surface area (Å²) in [7, 11) is 1.67. The second-order valence-electron chi connectivity index (χ2n) is 7.53. The van der Waals surface area contributed by atoms with Gasteiger partial charge in [-0.2, -0.15) is 4.52 Å². The molecule has 1 aromatic carbocycles. The minimum Gasteiger partial charge on any atom is -0.496 e. The molecule has 0 radical (unpaired) electrons.